The Kier molecular flexibility index (Phi) is 5.54. The van der Waals surface area contributed by atoms with Crippen LogP contribution in [0.4, 0.5) is 13.2 Å². The largest absolute Gasteiger partial charge is 0.480 e. The van der Waals surface area contributed by atoms with Crippen molar-refractivity contribution in [2.24, 2.45) is 0 Å². The second-order valence-electron chi connectivity index (χ2n) is 4.08. The average Bonchev–Trinajstić information content (AvgIpc) is 2.36. The molecule has 0 spiro atoms. The summed E-state index contributed by atoms with van der Waals surface area (Å²) >= 11 is 2.97. The lowest BCUT2D eigenvalue weighted by molar-refractivity contribution is -0.139. The summed E-state index contributed by atoms with van der Waals surface area (Å²) in [6, 6.07) is 1.31. The minimum atomic E-state index is -4.59. The lowest BCUT2D eigenvalue weighted by Crippen LogP contribution is -2.40. The molecule has 1 aromatic rings. The number of rotatable bonds is 5. The molecular formula is C13H11BrF3NO3. The fourth-order valence-corrected chi connectivity index (χ4v) is 1.93. The summed E-state index contributed by atoms with van der Waals surface area (Å²) in [6.07, 6.45) is -3.35. The van der Waals surface area contributed by atoms with Gasteiger partial charge in [-0.25, -0.2) is 4.79 Å². The van der Waals surface area contributed by atoms with Gasteiger partial charge in [0, 0.05) is 4.47 Å². The molecule has 0 aliphatic heterocycles. The molecule has 0 saturated carbocycles. The first-order valence-corrected chi connectivity index (χ1v) is 6.47. The molecule has 0 bridgehead atoms. The van der Waals surface area contributed by atoms with Gasteiger partial charge in [-0.15, -0.1) is 6.58 Å². The summed E-state index contributed by atoms with van der Waals surface area (Å²) < 4.78 is 38.0. The van der Waals surface area contributed by atoms with Crippen LogP contribution in [-0.4, -0.2) is 23.0 Å². The van der Waals surface area contributed by atoms with Crippen LogP contribution in [0.1, 0.15) is 22.3 Å². The maximum absolute atomic E-state index is 12.6. The molecule has 0 fully saturated rings. The molecule has 8 heteroatoms. The van der Waals surface area contributed by atoms with E-state index in [0.717, 1.165) is 12.1 Å². The number of carboxylic acid groups (broad SMARTS) is 1. The smallest absolute Gasteiger partial charge is 0.416 e. The van der Waals surface area contributed by atoms with Gasteiger partial charge in [0.2, 0.25) is 0 Å². The Labute approximate surface area is 126 Å². The van der Waals surface area contributed by atoms with E-state index in [-0.39, 0.29) is 16.5 Å². The number of alkyl halides is 3. The van der Waals surface area contributed by atoms with E-state index in [1.807, 2.05) is 0 Å². The SMILES string of the molecule is C=CCC(NC(=O)c1cc(C(F)(F)F)ccc1Br)C(=O)O. The number of nitrogens with one attached hydrogen (secondary N) is 1. The van der Waals surface area contributed by atoms with Crippen LogP contribution in [-0.2, 0) is 11.0 Å². The van der Waals surface area contributed by atoms with Crippen molar-refractivity contribution in [3.05, 3.63) is 46.5 Å². The molecule has 2 N–H and O–H groups in total. The Balaban J connectivity index is 3.06. The summed E-state index contributed by atoms with van der Waals surface area (Å²) in [5.41, 5.74) is -1.29. The quantitative estimate of drug-likeness (QED) is 0.787. The van der Waals surface area contributed by atoms with Gasteiger partial charge < -0.3 is 10.4 Å². The van der Waals surface area contributed by atoms with Gasteiger partial charge in [0.25, 0.3) is 5.91 Å². The lowest BCUT2D eigenvalue weighted by Gasteiger charge is -2.14. The molecule has 21 heavy (non-hydrogen) atoms. The molecule has 1 amide bonds. The van der Waals surface area contributed by atoms with Crippen LogP contribution < -0.4 is 5.32 Å². The molecule has 0 heterocycles. The van der Waals surface area contributed by atoms with E-state index in [1.54, 1.807) is 0 Å². The van der Waals surface area contributed by atoms with Gasteiger partial charge in [-0.3, -0.25) is 4.79 Å². The van der Waals surface area contributed by atoms with Gasteiger partial charge >= 0.3 is 12.1 Å². The van der Waals surface area contributed by atoms with Crippen molar-refractivity contribution in [2.75, 3.05) is 0 Å². The summed E-state index contributed by atoms with van der Waals surface area (Å²) in [7, 11) is 0. The molecule has 4 nitrogen and oxygen atoms in total. The molecule has 1 aromatic carbocycles. The van der Waals surface area contributed by atoms with E-state index < -0.39 is 29.7 Å². The highest BCUT2D eigenvalue weighted by molar-refractivity contribution is 9.10. The van der Waals surface area contributed by atoms with Crippen LogP contribution in [0.2, 0.25) is 0 Å². The number of aliphatic carboxylic acids is 1. The number of hydrogen-bond acceptors (Lipinski definition) is 2. The number of hydrogen-bond donors (Lipinski definition) is 2. The fraction of sp³-hybridized carbons (Fsp3) is 0.231. The molecule has 1 atom stereocenters. The van der Waals surface area contributed by atoms with E-state index >= 15 is 0 Å². The van der Waals surface area contributed by atoms with Gasteiger partial charge in [0.05, 0.1) is 11.1 Å². The fourth-order valence-electron chi connectivity index (χ4n) is 1.50. The Morgan fingerprint density at radius 1 is 1.43 bits per heavy atom. The second kappa shape index (κ2) is 6.75. The number of benzene rings is 1. The Morgan fingerprint density at radius 3 is 2.52 bits per heavy atom. The van der Waals surface area contributed by atoms with Gasteiger partial charge in [0.15, 0.2) is 0 Å². The van der Waals surface area contributed by atoms with Crippen LogP contribution >= 0.6 is 15.9 Å². The second-order valence-corrected chi connectivity index (χ2v) is 4.94. The zero-order chi connectivity index (χ0) is 16.2. The standard InChI is InChI=1S/C13H11BrF3NO3/c1-2-3-10(12(20)21)18-11(19)8-6-7(13(15,16)17)4-5-9(8)14/h2,4-6,10H,1,3H2,(H,18,19)(H,20,21). The van der Waals surface area contributed by atoms with Crippen molar-refractivity contribution in [2.45, 2.75) is 18.6 Å². The topological polar surface area (TPSA) is 66.4 Å². The number of carbonyl (C=O) groups excluding carboxylic acids is 1. The zero-order valence-electron chi connectivity index (χ0n) is 10.6. The van der Waals surface area contributed by atoms with E-state index in [9.17, 15) is 22.8 Å². The first kappa shape index (κ1) is 17.2. The average molecular weight is 366 g/mol. The maximum atomic E-state index is 12.6. The third-order valence-corrected chi connectivity index (χ3v) is 3.24. The summed E-state index contributed by atoms with van der Waals surface area (Å²) in [6.45, 7) is 3.35. The minimum Gasteiger partial charge on any atom is -0.480 e. The normalized spacial score (nSPS) is 12.6. The molecule has 1 rings (SSSR count). The maximum Gasteiger partial charge on any atom is 0.416 e. The lowest BCUT2D eigenvalue weighted by atomic mass is 10.1. The van der Waals surface area contributed by atoms with Crippen LogP contribution in [0.25, 0.3) is 0 Å². The highest BCUT2D eigenvalue weighted by Crippen LogP contribution is 2.31. The minimum absolute atomic E-state index is 0.0440. The molecule has 0 radical (unpaired) electrons. The number of carboxylic acids is 1. The van der Waals surface area contributed by atoms with Gasteiger partial charge in [-0.05, 0) is 40.5 Å². The van der Waals surface area contributed by atoms with Crippen molar-refractivity contribution >= 4 is 27.8 Å². The summed E-state index contributed by atoms with van der Waals surface area (Å²) in [5, 5.41) is 11.0. The van der Waals surface area contributed by atoms with Crippen molar-refractivity contribution in [3.63, 3.8) is 0 Å². The molecule has 0 aliphatic rings. The molecule has 114 valence electrons. The third kappa shape index (κ3) is 4.59. The number of amides is 1. The summed E-state index contributed by atoms with van der Waals surface area (Å²) in [4.78, 5) is 22.8. The Bertz CT molecular complexity index is 572. The zero-order valence-corrected chi connectivity index (χ0v) is 12.2. The highest BCUT2D eigenvalue weighted by Gasteiger charge is 2.32. The van der Waals surface area contributed by atoms with Crippen molar-refractivity contribution in [1.29, 1.82) is 0 Å². The van der Waals surface area contributed by atoms with Crippen molar-refractivity contribution in [1.82, 2.24) is 5.32 Å². The summed E-state index contributed by atoms with van der Waals surface area (Å²) in [5.74, 6) is -2.21. The Morgan fingerprint density at radius 2 is 2.05 bits per heavy atom. The monoisotopic (exact) mass is 365 g/mol. The van der Waals surface area contributed by atoms with E-state index in [2.05, 4.69) is 27.8 Å². The van der Waals surface area contributed by atoms with Crippen LogP contribution in [0.15, 0.2) is 35.3 Å². The third-order valence-electron chi connectivity index (χ3n) is 2.54. The van der Waals surface area contributed by atoms with Crippen LogP contribution in [0.5, 0.6) is 0 Å². The Hall–Kier alpha value is -1.83. The molecule has 0 aliphatic carbocycles. The van der Waals surface area contributed by atoms with E-state index in [1.165, 1.54) is 6.08 Å². The van der Waals surface area contributed by atoms with E-state index in [0.29, 0.717) is 6.07 Å². The number of carbonyl (C=O) groups is 2. The van der Waals surface area contributed by atoms with Gasteiger partial charge in [-0.2, -0.15) is 13.2 Å². The molecule has 0 saturated heterocycles. The molecular weight excluding hydrogens is 355 g/mol. The molecule has 0 aromatic heterocycles. The first-order valence-electron chi connectivity index (χ1n) is 5.68. The first-order chi connectivity index (χ1) is 9.66. The van der Waals surface area contributed by atoms with Crippen molar-refractivity contribution in [3.8, 4) is 0 Å². The van der Waals surface area contributed by atoms with Gasteiger partial charge in [0.1, 0.15) is 6.04 Å². The van der Waals surface area contributed by atoms with Gasteiger partial charge in [-0.1, -0.05) is 6.08 Å². The van der Waals surface area contributed by atoms with Crippen molar-refractivity contribution < 1.29 is 27.9 Å². The number of halogens is 4. The predicted molar refractivity (Wildman–Crippen MR) is 72.8 cm³/mol. The van der Waals surface area contributed by atoms with Crippen LogP contribution in [0, 0.1) is 0 Å². The highest BCUT2D eigenvalue weighted by atomic mass is 79.9. The van der Waals surface area contributed by atoms with E-state index in [4.69, 9.17) is 5.11 Å². The van der Waals surface area contributed by atoms with Crippen LogP contribution in [0.3, 0.4) is 0 Å². The molecule has 1 unspecified atom stereocenters. The predicted octanol–water partition coefficient (Wildman–Crippen LogP) is 3.23.